The van der Waals surface area contributed by atoms with E-state index in [2.05, 4.69) is 26.0 Å². The Bertz CT molecular complexity index is 843. The summed E-state index contributed by atoms with van der Waals surface area (Å²) in [6, 6.07) is 0. The first-order valence-corrected chi connectivity index (χ1v) is 24.7. The molecule has 0 aromatic carbocycles. The lowest BCUT2D eigenvalue weighted by atomic mass is 10.0. The van der Waals surface area contributed by atoms with E-state index in [0.717, 1.165) is 32.1 Å². The molecule has 2 unspecified atom stereocenters. The van der Waals surface area contributed by atoms with Gasteiger partial charge in [0, 0.05) is 19.6 Å². The monoisotopic (exact) mass is 788 g/mol. The zero-order chi connectivity index (χ0) is 39.5. The number of carbonyl (C=O) groups is 1. The molecule has 0 bridgehead atoms. The standard InChI is InChI=1S/C45H90NO7P/c1-3-5-7-9-11-13-15-17-18-19-20-21-22-23-24-25-26-27-28-30-32-34-36-38-45(47)53-44(43-52-54(48,49)51-41-39-46)42-50-40-37-35-33-31-29-16-14-12-10-8-6-4-2/h19-20,44H,3-18,21-43,46H2,1-2H3,(H,48,49)/b20-19-. The van der Waals surface area contributed by atoms with E-state index in [1.165, 1.54) is 180 Å². The molecule has 0 rings (SSSR count). The Balaban J connectivity index is 3.90. The van der Waals surface area contributed by atoms with Crippen molar-refractivity contribution < 1.29 is 32.8 Å². The molecular weight excluding hydrogens is 697 g/mol. The lowest BCUT2D eigenvalue weighted by Gasteiger charge is -2.20. The number of phosphoric acid groups is 1. The van der Waals surface area contributed by atoms with Crippen molar-refractivity contribution in [1.82, 2.24) is 0 Å². The molecule has 0 aromatic rings. The quantitative estimate of drug-likeness (QED) is 0.0271. The number of carbonyl (C=O) groups excluding carboxylic acids is 1. The van der Waals surface area contributed by atoms with Crippen molar-refractivity contribution in [1.29, 1.82) is 0 Å². The van der Waals surface area contributed by atoms with Crippen LogP contribution in [0.2, 0.25) is 0 Å². The Labute approximate surface area is 334 Å². The van der Waals surface area contributed by atoms with Gasteiger partial charge in [-0.2, -0.15) is 0 Å². The van der Waals surface area contributed by atoms with E-state index in [-0.39, 0.29) is 32.3 Å². The smallest absolute Gasteiger partial charge is 0.457 e. The molecule has 0 aliphatic heterocycles. The summed E-state index contributed by atoms with van der Waals surface area (Å²) in [6.45, 7) is 4.97. The van der Waals surface area contributed by atoms with Crippen molar-refractivity contribution in [3.05, 3.63) is 12.2 Å². The zero-order valence-corrected chi connectivity index (χ0v) is 36.6. The molecule has 0 heterocycles. The fraction of sp³-hybridized carbons (Fsp3) is 0.933. The zero-order valence-electron chi connectivity index (χ0n) is 35.7. The molecule has 8 nitrogen and oxygen atoms in total. The van der Waals surface area contributed by atoms with Gasteiger partial charge in [-0.25, -0.2) is 4.57 Å². The van der Waals surface area contributed by atoms with E-state index >= 15 is 0 Å². The Morgan fingerprint density at radius 1 is 0.537 bits per heavy atom. The minimum atomic E-state index is -4.27. The van der Waals surface area contributed by atoms with Crippen LogP contribution in [0.5, 0.6) is 0 Å². The Kier molecular flexibility index (Phi) is 42.8. The number of unbranched alkanes of at least 4 members (excludes halogenated alkanes) is 30. The summed E-state index contributed by atoms with van der Waals surface area (Å²) in [6.07, 6.45) is 46.6. The molecule has 54 heavy (non-hydrogen) atoms. The molecule has 0 radical (unpaired) electrons. The van der Waals surface area contributed by atoms with E-state index in [0.29, 0.717) is 13.0 Å². The van der Waals surface area contributed by atoms with Crippen molar-refractivity contribution >= 4 is 13.8 Å². The molecule has 9 heteroatoms. The van der Waals surface area contributed by atoms with Gasteiger partial charge in [-0.3, -0.25) is 13.8 Å². The third-order valence-electron chi connectivity index (χ3n) is 10.2. The second-order valence-electron chi connectivity index (χ2n) is 15.6. The topological polar surface area (TPSA) is 117 Å². The number of ether oxygens (including phenoxy) is 2. The number of hydrogen-bond acceptors (Lipinski definition) is 7. The van der Waals surface area contributed by atoms with E-state index < -0.39 is 13.9 Å². The van der Waals surface area contributed by atoms with Crippen LogP contribution in [-0.2, 0) is 27.9 Å². The van der Waals surface area contributed by atoms with Crippen molar-refractivity contribution in [2.24, 2.45) is 5.73 Å². The first-order valence-electron chi connectivity index (χ1n) is 23.2. The minimum absolute atomic E-state index is 0.0920. The molecule has 0 saturated heterocycles. The highest BCUT2D eigenvalue weighted by Crippen LogP contribution is 2.43. The van der Waals surface area contributed by atoms with Crippen molar-refractivity contribution in [3.8, 4) is 0 Å². The largest absolute Gasteiger partial charge is 0.472 e. The molecule has 322 valence electrons. The number of rotatable bonds is 45. The maximum absolute atomic E-state index is 12.6. The lowest BCUT2D eigenvalue weighted by Crippen LogP contribution is -2.28. The average molecular weight is 788 g/mol. The number of phosphoric ester groups is 1. The molecule has 0 amide bonds. The maximum atomic E-state index is 12.6. The average Bonchev–Trinajstić information content (AvgIpc) is 3.16. The van der Waals surface area contributed by atoms with Gasteiger partial charge in [0.2, 0.25) is 0 Å². The number of hydrogen-bond donors (Lipinski definition) is 2. The van der Waals surface area contributed by atoms with Crippen LogP contribution in [0.3, 0.4) is 0 Å². The highest BCUT2D eigenvalue weighted by Gasteiger charge is 2.25. The normalized spacial score (nSPS) is 13.5. The van der Waals surface area contributed by atoms with Crippen LogP contribution in [0, 0.1) is 0 Å². The summed E-state index contributed by atoms with van der Waals surface area (Å²) in [7, 11) is -4.27. The van der Waals surface area contributed by atoms with Crippen LogP contribution in [0.1, 0.15) is 232 Å². The third kappa shape index (κ3) is 42.4. The van der Waals surface area contributed by atoms with Gasteiger partial charge in [-0.05, 0) is 38.5 Å². The van der Waals surface area contributed by atoms with E-state index in [1.807, 2.05) is 0 Å². The fourth-order valence-electron chi connectivity index (χ4n) is 6.76. The minimum Gasteiger partial charge on any atom is -0.457 e. The molecule has 0 aliphatic rings. The van der Waals surface area contributed by atoms with Crippen LogP contribution in [0.4, 0.5) is 0 Å². The molecule has 0 fully saturated rings. The summed E-state index contributed by atoms with van der Waals surface area (Å²) in [5, 5.41) is 0. The SMILES string of the molecule is CCCCCCCCCC/C=C\CCCCCCCCCCCCCC(=O)OC(COCCCCCCCCCCCCCC)COP(=O)(O)OCCN. The molecular formula is C45H90NO7P. The van der Waals surface area contributed by atoms with Gasteiger partial charge >= 0.3 is 13.8 Å². The summed E-state index contributed by atoms with van der Waals surface area (Å²) in [4.78, 5) is 22.5. The third-order valence-corrected chi connectivity index (χ3v) is 11.2. The van der Waals surface area contributed by atoms with Crippen LogP contribution in [0.25, 0.3) is 0 Å². The van der Waals surface area contributed by atoms with Crippen LogP contribution in [0.15, 0.2) is 12.2 Å². The Morgan fingerprint density at radius 2 is 0.926 bits per heavy atom. The van der Waals surface area contributed by atoms with Crippen LogP contribution in [-0.4, -0.2) is 49.9 Å². The van der Waals surface area contributed by atoms with Crippen molar-refractivity contribution in [2.45, 2.75) is 238 Å². The number of esters is 1. The van der Waals surface area contributed by atoms with E-state index in [1.54, 1.807) is 0 Å². The molecule has 2 atom stereocenters. The van der Waals surface area contributed by atoms with Crippen molar-refractivity contribution in [3.63, 3.8) is 0 Å². The fourth-order valence-corrected chi connectivity index (χ4v) is 7.52. The van der Waals surface area contributed by atoms with Gasteiger partial charge in [-0.1, -0.05) is 199 Å². The molecule has 0 saturated carbocycles. The lowest BCUT2D eigenvalue weighted by molar-refractivity contribution is -0.154. The van der Waals surface area contributed by atoms with Crippen LogP contribution < -0.4 is 5.73 Å². The first-order chi connectivity index (χ1) is 26.4. The molecule has 0 spiro atoms. The van der Waals surface area contributed by atoms with Gasteiger partial charge < -0.3 is 20.1 Å². The number of nitrogens with two attached hydrogens (primary N) is 1. The van der Waals surface area contributed by atoms with Gasteiger partial charge in [0.1, 0.15) is 6.10 Å². The van der Waals surface area contributed by atoms with Gasteiger partial charge in [-0.15, -0.1) is 0 Å². The highest BCUT2D eigenvalue weighted by molar-refractivity contribution is 7.47. The first kappa shape index (κ1) is 53.2. The molecule has 0 aliphatic carbocycles. The summed E-state index contributed by atoms with van der Waals surface area (Å²) < 4.78 is 33.4. The highest BCUT2D eigenvalue weighted by atomic mass is 31.2. The predicted octanol–water partition coefficient (Wildman–Crippen LogP) is 13.9. The van der Waals surface area contributed by atoms with E-state index in [9.17, 15) is 14.3 Å². The van der Waals surface area contributed by atoms with Crippen molar-refractivity contribution in [2.75, 3.05) is 33.0 Å². The second-order valence-corrected chi connectivity index (χ2v) is 17.1. The second kappa shape index (κ2) is 43.4. The summed E-state index contributed by atoms with van der Waals surface area (Å²) in [5.74, 6) is -0.327. The Morgan fingerprint density at radius 3 is 1.35 bits per heavy atom. The summed E-state index contributed by atoms with van der Waals surface area (Å²) >= 11 is 0. The van der Waals surface area contributed by atoms with Gasteiger partial charge in [0.05, 0.1) is 19.8 Å². The maximum Gasteiger partial charge on any atom is 0.472 e. The molecule has 3 N–H and O–H groups in total. The van der Waals surface area contributed by atoms with Crippen LogP contribution >= 0.6 is 7.82 Å². The van der Waals surface area contributed by atoms with E-state index in [4.69, 9.17) is 24.3 Å². The van der Waals surface area contributed by atoms with Gasteiger partial charge in [0.25, 0.3) is 0 Å². The Hall–Kier alpha value is -0.760. The summed E-state index contributed by atoms with van der Waals surface area (Å²) in [5.41, 5.74) is 5.37. The molecule has 0 aromatic heterocycles. The predicted molar refractivity (Wildman–Crippen MR) is 229 cm³/mol. The van der Waals surface area contributed by atoms with Gasteiger partial charge in [0.15, 0.2) is 0 Å². The number of allylic oxidation sites excluding steroid dienone is 2.